The molecule has 0 radical (unpaired) electrons. The third kappa shape index (κ3) is 2.51. The Labute approximate surface area is 73.0 Å². The van der Waals surface area contributed by atoms with Crippen molar-refractivity contribution in [2.24, 2.45) is 0 Å². The van der Waals surface area contributed by atoms with Gasteiger partial charge < -0.3 is 22.4 Å². The van der Waals surface area contributed by atoms with Crippen molar-refractivity contribution in [2.75, 3.05) is 34.5 Å². The van der Waals surface area contributed by atoms with Gasteiger partial charge in [0.15, 0.2) is 0 Å². The summed E-state index contributed by atoms with van der Waals surface area (Å²) >= 11 is 0. The number of ether oxygens (including phenoxy) is 1. The van der Waals surface area contributed by atoms with Crippen LogP contribution in [0, 0.1) is 0 Å². The molecule has 0 aromatic rings. The maximum atomic E-state index is 5.35. The van der Waals surface area contributed by atoms with Gasteiger partial charge in [-0.3, -0.25) is 0 Å². The summed E-state index contributed by atoms with van der Waals surface area (Å²) in [6.45, 7) is 1.23. The van der Waals surface area contributed by atoms with E-state index in [1.54, 1.807) is 0 Å². The zero-order valence-corrected chi connectivity index (χ0v) is 8.53. The zero-order chi connectivity index (χ0) is 9.03. The fourth-order valence-electron chi connectivity index (χ4n) is 0.786. The topological polar surface area (TPSA) is 49.5 Å². The predicted octanol–water partition coefficient (Wildman–Crippen LogP) is -0.223. The van der Waals surface area contributed by atoms with Crippen LogP contribution < -0.4 is 0 Å². The largest absolute Gasteiger partial charge is 0.678 e. The van der Waals surface area contributed by atoms with Crippen molar-refractivity contribution in [3.05, 3.63) is 0 Å². The van der Waals surface area contributed by atoms with Crippen LogP contribution in [0.5, 0.6) is 0 Å². The lowest BCUT2D eigenvalue weighted by molar-refractivity contribution is 0.00234. The van der Waals surface area contributed by atoms with Crippen LogP contribution in [-0.4, -0.2) is 49.7 Å². The third-order valence-electron chi connectivity index (χ3n) is 1.60. The van der Waals surface area contributed by atoms with E-state index in [0.29, 0.717) is 6.61 Å². The highest BCUT2D eigenvalue weighted by Gasteiger charge is 2.44. The number of hydrogen-bond acceptors (Lipinski definition) is 5. The van der Waals surface area contributed by atoms with Crippen molar-refractivity contribution in [1.82, 2.24) is 0 Å². The van der Waals surface area contributed by atoms with E-state index in [0.717, 1.165) is 6.61 Å². The molecule has 12 heavy (non-hydrogen) atoms. The highest BCUT2D eigenvalue weighted by atomic mass is 28.4. The fourth-order valence-corrected chi connectivity index (χ4v) is 2.03. The molecule has 1 atom stereocenters. The summed E-state index contributed by atoms with van der Waals surface area (Å²) in [5.74, 6) is 0. The molecule has 0 spiro atoms. The van der Waals surface area contributed by atoms with Crippen LogP contribution in [-0.2, 0) is 22.4 Å². The first-order chi connectivity index (χ1) is 5.76. The van der Waals surface area contributed by atoms with Crippen molar-refractivity contribution in [1.29, 1.82) is 0 Å². The highest BCUT2D eigenvalue weighted by Crippen LogP contribution is 2.14. The zero-order valence-electron chi connectivity index (χ0n) is 7.53. The molecule has 1 saturated heterocycles. The summed E-state index contributed by atoms with van der Waals surface area (Å²) < 4.78 is 25.4. The first-order valence-electron chi connectivity index (χ1n) is 3.67. The first kappa shape index (κ1) is 10.1. The van der Waals surface area contributed by atoms with Gasteiger partial charge >= 0.3 is 9.05 Å². The molecule has 5 nitrogen and oxygen atoms in total. The maximum Gasteiger partial charge on any atom is 0.678 e. The molecule has 72 valence electrons. The van der Waals surface area contributed by atoms with Crippen molar-refractivity contribution >= 4 is 9.05 Å². The van der Waals surface area contributed by atoms with Gasteiger partial charge in [0.2, 0.25) is 0 Å². The fraction of sp³-hybridized carbons (Fsp3) is 1.00. The predicted molar refractivity (Wildman–Crippen MR) is 42.5 cm³/mol. The third-order valence-corrected chi connectivity index (χ3v) is 3.62. The van der Waals surface area contributed by atoms with Gasteiger partial charge in [0.1, 0.15) is 6.10 Å². The molecule has 1 unspecified atom stereocenters. The Bertz CT molecular complexity index is 126. The number of epoxide rings is 1. The summed E-state index contributed by atoms with van der Waals surface area (Å²) in [6.07, 6.45) is 0.192. The van der Waals surface area contributed by atoms with Crippen LogP contribution in [0.25, 0.3) is 0 Å². The van der Waals surface area contributed by atoms with E-state index in [4.69, 9.17) is 22.4 Å². The lowest BCUT2D eigenvalue weighted by Gasteiger charge is -2.22. The van der Waals surface area contributed by atoms with E-state index < -0.39 is 9.05 Å². The Kier molecular flexibility index (Phi) is 3.63. The van der Waals surface area contributed by atoms with Crippen molar-refractivity contribution in [2.45, 2.75) is 6.10 Å². The van der Waals surface area contributed by atoms with Gasteiger partial charge in [0, 0.05) is 21.3 Å². The summed E-state index contributed by atoms with van der Waals surface area (Å²) in [6, 6.07) is 0. The second-order valence-corrected chi connectivity index (χ2v) is 4.89. The van der Waals surface area contributed by atoms with Crippen molar-refractivity contribution < 1.29 is 22.4 Å². The maximum absolute atomic E-state index is 5.35. The van der Waals surface area contributed by atoms with Gasteiger partial charge in [-0.05, 0) is 0 Å². The van der Waals surface area contributed by atoms with Crippen LogP contribution in [0.3, 0.4) is 0 Å². The van der Waals surface area contributed by atoms with Crippen LogP contribution in [0.15, 0.2) is 0 Å². The molecule has 0 aliphatic carbocycles. The van der Waals surface area contributed by atoms with Gasteiger partial charge in [0.05, 0.1) is 13.2 Å². The molecule has 1 fully saturated rings. The van der Waals surface area contributed by atoms with E-state index in [2.05, 4.69) is 0 Å². The molecular formula is C6H14O5Si. The smallest absolute Gasteiger partial charge is 0.371 e. The molecule has 0 amide bonds. The standard InChI is InChI=1S/C6H14O5Si/c1-7-12(8-2,9-3)11-5-6-4-10-6/h6H,4-5H2,1-3H3. The number of rotatable bonds is 6. The van der Waals surface area contributed by atoms with Gasteiger partial charge in [-0.15, -0.1) is 0 Å². The Balaban J connectivity index is 2.28. The molecule has 0 aromatic carbocycles. The van der Waals surface area contributed by atoms with Crippen LogP contribution in [0.1, 0.15) is 0 Å². The molecule has 6 heteroatoms. The van der Waals surface area contributed by atoms with Gasteiger partial charge in [-0.25, -0.2) is 0 Å². The Hall–Kier alpha value is 0.0169. The van der Waals surface area contributed by atoms with Gasteiger partial charge in [-0.1, -0.05) is 0 Å². The Morgan fingerprint density at radius 3 is 2.08 bits per heavy atom. The van der Waals surface area contributed by atoms with E-state index in [1.165, 1.54) is 21.3 Å². The van der Waals surface area contributed by atoms with Crippen molar-refractivity contribution in [3.8, 4) is 0 Å². The normalized spacial score (nSPS) is 22.8. The van der Waals surface area contributed by atoms with Crippen LogP contribution in [0.4, 0.5) is 0 Å². The molecule has 0 aromatic heterocycles. The summed E-state index contributed by atoms with van der Waals surface area (Å²) in [7, 11) is 1.70. The highest BCUT2D eigenvalue weighted by molar-refractivity contribution is 6.53. The quantitative estimate of drug-likeness (QED) is 0.432. The van der Waals surface area contributed by atoms with E-state index in [-0.39, 0.29) is 6.10 Å². The molecule has 0 bridgehead atoms. The van der Waals surface area contributed by atoms with Crippen LogP contribution >= 0.6 is 0 Å². The van der Waals surface area contributed by atoms with E-state index in [9.17, 15) is 0 Å². The van der Waals surface area contributed by atoms with Crippen molar-refractivity contribution in [3.63, 3.8) is 0 Å². The average molecular weight is 194 g/mol. The lowest BCUT2D eigenvalue weighted by atomic mass is 10.5. The molecule has 1 rings (SSSR count). The van der Waals surface area contributed by atoms with Crippen LogP contribution in [0.2, 0.25) is 0 Å². The summed E-state index contributed by atoms with van der Waals surface area (Å²) in [4.78, 5) is 0. The molecule has 0 saturated carbocycles. The molecular weight excluding hydrogens is 180 g/mol. The minimum Gasteiger partial charge on any atom is -0.371 e. The minimum atomic E-state index is -2.82. The summed E-state index contributed by atoms with van der Waals surface area (Å²) in [5.41, 5.74) is 0. The number of hydrogen-bond donors (Lipinski definition) is 0. The molecule has 0 N–H and O–H groups in total. The monoisotopic (exact) mass is 194 g/mol. The SMILES string of the molecule is CO[Si](OC)(OC)OCC1CO1. The summed E-state index contributed by atoms with van der Waals surface area (Å²) in [5, 5.41) is 0. The van der Waals surface area contributed by atoms with Gasteiger partial charge in [-0.2, -0.15) is 0 Å². The second kappa shape index (κ2) is 4.31. The Morgan fingerprint density at radius 2 is 1.75 bits per heavy atom. The lowest BCUT2D eigenvalue weighted by Crippen LogP contribution is -2.47. The Morgan fingerprint density at radius 1 is 1.25 bits per heavy atom. The van der Waals surface area contributed by atoms with E-state index in [1.807, 2.05) is 0 Å². The molecule has 1 heterocycles. The minimum absolute atomic E-state index is 0.192. The second-order valence-electron chi connectivity index (χ2n) is 2.38. The van der Waals surface area contributed by atoms with Gasteiger partial charge in [0.25, 0.3) is 0 Å². The average Bonchev–Trinajstić information content (AvgIpc) is 2.92. The first-order valence-corrected chi connectivity index (χ1v) is 5.30. The molecule has 1 aliphatic rings. The van der Waals surface area contributed by atoms with E-state index >= 15 is 0 Å². The molecule has 1 aliphatic heterocycles.